The Morgan fingerprint density at radius 1 is 0.833 bits per heavy atom. The molecule has 2 heteroatoms. The normalized spacial score (nSPS) is 8.21. The average Bonchev–Trinajstić information content (AvgIpc) is 2.65. The summed E-state index contributed by atoms with van der Waals surface area (Å²) in [6.45, 7) is 11.1. The molecule has 0 aliphatic carbocycles. The van der Waals surface area contributed by atoms with Crippen molar-refractivity contribution in [3.05, 3.63) is 71.8 Å². The number of hydrogen-bond donors (Lipinski definition) is 1. The van der Waals surface area contributed by atoms with E-state index < -0.39 is 0 Å². The number of carbonyl (C=O) groups excluding carboxylic acids is 1. The predicted molar refractivity (Wildman–Crippen MR) is 109 cm³/mol. The second kappa shape index (κ2) is 20.9. The molecule has 0 heterocycles. The first-order valence-corrected chi connectivity index (χ1v) is 9.03. The summed E-state index contributed by atoms with van der Waals surface area (Å²) in [6, 6.07) is 20.4. The molecule has 0 aliphatic rings. The first-order valence-electron chi connectivity index (χ1n) is 9.03. The number of carbonyl (C=O) groups is 1. The lowest BCUT2D eigenvalue weighted by Crippen LogP contribution is -2.09. The van der Waals surface area contributed by atoms with Gasteiger partial charge in [-0.3, -0.25) is 4.79 Å². The fourth-order valence-corrected chi connectivity index (χ4v) is 1.69. The van der Waals surface area contributed by atoms with Crippen molar-refractivity contribution in [1.82, 2.24) is 5.32 Å². The second-order valence-electron chi connectivity index (χ2n) is 4.93. The molecule has 2 rings (SSSR count). The van der Waals surface area contributed by atoms with Crippen LogP contribution in [-0.4, -0.2) is 6.41 Å². The quantitative estimate of drug-likeness (QED) is 0.644. The maximum atomic E-state index is 9.87. The van der Waals surface area contributed by atoms with Crippen LogP contribution in [0.1, 0.15) is 60.0 Å². The van der Waals surface area contributed by atoms with Gasteiger partial charge in [0.05, 0.1) is 0 Å². The summed E-state index contributed by atoms with van der Waals surface area (Å²) in [5.74, 6) is 0. The van der Waals surface area contributed by atoms with Gasteiger partial charge in [-0.15, -0.1) is 0 Å². The standard InChI is InChI=1S/C9H12.C8H9NO.C3H8.C2H6.H2/c1-2-6-9-7-4-3-5-8-9;10-7-9-6-8-4-2-1-3-5-8;1-3-2;1-2;/h3-5,7-8H,2,6H2,1H3;1-5,7H,6H2,(H,9,10);3H2,1-2H3;1-2H3;1H. The lowest BCUT2D eigenvalue weighted by atomic mass is 10.1. The molecule has 0 aliphatic heterocycles. The van der Waals surface area contributed by atoms with Gasteiger partial charge in [0, 0.05) is 7.97 Å². The highest BCUT2D eigenvalue weighted by Crippen LogP contribution is 2.00. The van der Waals surface area contributed by atoms with Crippen LogP contribution < -0.4 is 5.32 Å². The van der Waals surface area contributed by atoms with Gasteiger partial charge < -0.3 is 5.32 Å². The third-order valence-corrected chi connectivity index (χ3v) is 2.61. The molecule has 136 valence electrons. The van der Waals surface area contributed by atoms with Crippen LogP contribution in [0.25, 0.3) is 0 Å². The van der Waals surface area contributed by atoms with Crippen LogP contribution in [0.5, 0.6) is 0 Å². The minimum Gasteiger partial charge on any atom is -0.355 e. The van der Waals surface area contributed by atoms with E-state index in [9.17, 15) is 4.79 Å². The van der Waals surface area contributed by atoms with Crippen molar-refractivity contribution in [3.8, 4) is 0 Å². The fraction of sp³-hybridized carbons (Fsp3) is 0.409. The van der Waals surface area contributed by atoms with E-state index in [1.165, 1.54) is 24.8 Å². The Balaban J connectivity index is -0.000000300. The summed E-state index contributed by atoms with van der Waals surface area (Å²) >= 11 is 0. The molecule has 0 radical (unpaired) electrons. The number of amides is 1. The summed E-state index contributed by atoms with van der Waals surface area (Å²) in [7, 11) is 0. The molecule has 0 atom stereocenters. The minimum absolute atomic E-state index is 0. The van der Waals surface area contributed by atoms with Crippen LogP contribution in [0.15, 0.2) is 60.7 Å². The maximum absolute atomic E-state index is 9.87. The fourth-order valence-electron chi connectivity index (χ4n) is 1.69. The largest absolute Gasteiger partial charge is 0.355 e. The van der Waals surface area contributed by atoms with Crippen LogP contribution in [0.2, 0.25) is 0 Å². The molecule has 0 aromatic heterocycles. The van der Waals surface area contributed by atoms with E-state index in [0.29, 0.717) is 13.0 Å². The number of benzene rings is 2. The smallest absolute Gasteiger partial charge is 0.207 e. The molecule has 2 nitrogen and oxygen atoms in total. The number of hydrogen-bond acceptors (Lipinski definition) is 1. The third-order valence-electron chi connectivity index (χ3n) is 2.61. The summed E-state index contributed by atoms with van der Waals surface area (Å²) in [5.41, 5.74) is 2.56. The molecule has 1 N–H and O–H groups in total. The molecule has 0 spiro atoms. The molecular formula is C22H37NO. The summed E-state index contributed by atoms with van der Waals surface area (Å²) < 4.78 is 0. The van der Waals surface area contributed by atoms with Crippen LogP contribution in [0.4, 0.5) is 0 Å². The Hall–Kier alpha value is -2.09. The average molecular weight is 332 g/mol. The van der Waals surface area contributed by atoms with Gasteiger partial charge in [0.15, 0.2) is 0 Å². The first-order chi connectivity index (χ1) is 11.8. The van der Waals surface area contributed by atoms with Crippen molar-refractivity contribution in [3.63, 3.8) is 0 Å². The molecule has 2 aromatic carbocycles. The van der Waals surface area contributed by atoms with Crippen molar-refractivity contribution in [2.24, 2.45) is 0 Å². The van der Waals surface area contributed by atoms with Crippen LogP contribution in [0.3, 0.4) is 0 Å². The lowest BCUT2D eigenvalue weighted by molar-refractivity contribution is -0.109. The molecule has 0 saturated carbocycles. The van der Waals surface area contributed by atoms with Gasteiger partial charge in [0.1, 0.15) is 0 Å². The summed E-state index contributed by atoms with van der Waals surface area (Å²) in [4.78, 5) is 9.87. The monoisotopic (exact) mass is 331 g/mol. The van der Waals surface area contributed by atoms with Crippen LogP contribution in [0, 0.1) is 0 Å². The van der Waals surface area contributed by atoms with E-state index >= 15 is 0 Å². The Morgan fingerprint density at radius 2 is 1.25 bits per heavy atom. The Kier molecular flexibility index (Phi) is 21.1. The Morgan fingerprint density at radius 3 is 1.62 bits per heavy atom. The molecule has 2 aromatic rings. The number of aryl methyl sites for hydroxylation is 1. The van der Waals surface area contributed by atoms with E-state index in [0.717, 1.165) is 5.56 Å². The van der Waals surface area contributed by atoms with Gasteiger partial charge in [0.2, 0.25) is 6.41 Å². The molecule has 1 amide bonds. The van der Waals surface area contributed by atoms with Gasteiger partial charge in [-0.2, -0.15) is 0 Å². The minimum atomic E-state index is 0. The highest BCUT2D eigenvalue weighted by Gasteiger charge is 1.85. The third kappa shape index (κ3) is 16.3. The zero-order valence-corrected chi connectivity index (χ0v) is 16.1. The zero-order chi connectivity index (χ0) is 18.5. The SMILES string of the molecule is CC.CCC.CCCc1ccccc1.O=CNCc1ccccc1.[HH]. The van der Waals surface area contributed by atoms with E-state index in [2.05, 4.69) is 56.4 Å². The van der Waals surface area contributed by atoms with Gasteiger partial charge in [-0.05, 0) is 17.5 Å². The van der Waals surface area contributed by atoms with Crippen LogP contribution >= 0.6 is 0 Å². The Bertz CT molecular complexity index is 460. The summed E-state index contributed by atoms with van der Waals surface area (Å²) in [6.07, 6.45) is 4.40. The van der Waals surface area contributed by atoms with E-state index in [4.69, 9.17) is 0 Å². The molecule has 24 heavy (non-hydrogen) atoms. The molecular weight excluding hydrogens is 294 g/mol. The first kappa shape index (κ1) is 24.2. The zero-order valence-electron chi connectivity index (χ0n) is 16.1. The van der Waals surface area contributed by atoms with E-state index in [1.54, 1.807) is 0 Å². The van der Waals surface area contributed by atoms with Crippen molar-refractivity contribution < 1.29 is 6.22 Å². The van der Waals surface area contributed by atoms with Crippen molar-refractivity contribution in [2.45, 2.75) is 60.4 Å². The van der Waals surface area contributed by atoms with Crippen LogP contribution in [-0.2, 0) is 17.8 Å². The molecule has 0 fully saturated rings. The maximum Gasteiger partial charge on any atom is 0.207 e. The topological polar surface area (TPSA) is 29.1 Å². The predicted octanol–water partition coefficient (Wildman–Crippen LogP) is 6.26. The van der Waals surface area contributed by atoms with Gasteiger partial charge >= 0.3 is 0 Å². The molecule has 0 bridgehead atoms. The van der Waals surface area contributed by atoms with Crippen molar-refractivity contribution in [2.75, 3.05) is 0 Å². The Labute approximate surface area is 150 Å². The van der Waals surface area contributed by atoms with Crippen molar-refractivity contribution in [1.29, 1.82) is 0 Å². The highest BCUT2D eigenvalue weighted by atomic mass is 16.1. The van der Waals surface area contributed by atoms with Gasteiger partial charge in [-0.25, -0.2) is 0 Å². The highest BCUT2D eigenvalue weighted by molar-refractivity contribution is 5.46. The summed E-state index contributed by atoms with van der Waals surface area (Å²) in [5, 5.41) is 2.58. The van der Waals surface area contributed by atoms with E-state index in [-0.39, 0.29) is 1.43 Å². The number of rotatable bonds is 5. The van der Waals surface area contributed by atoms with Gasteiger partial charge in [0.25, 0.3) is 0 Å². The van der Waals surface area contributed by atoms with E-state index in [1.807, 2.05) is 44.2 Å². The molecule has 0 saturated heterocycles. The number of nitrogens with one attached hydrogen (secondary N) is 1. The lowest BCUT2D eigenvalue weighted by Gasteiger charge is -1.96. The van der Waals surface area contributed by atoms with Crippen molar-refractivity contribution >= 4 is 6.41 Å². The molecule has 0 unspecified atom stereocenters. The second-order valence-corrected chi connectivity index (χ2v) is 4.93. The van der Waals surface area contributed by atoms with Gasteiger partial charge in [-0.1, -0.05) is 108 Å².